The fourth-order valence-electron chi connectivity index (χ4n) is 2.83. The Kier molecular flexibility index (Phi) is 3.88. The second-order valence-electron chi connectivity index (χ2n) is 5.70. The van der Waals surface area contributed by atoms with Crippen LogP contribution in [-0.2, 0) is 0 Å². The van der Waals surface area contributed by atoms with Crippen LogP contribution in [-0.4, -0.2) is 41.5 Å². The number of nitrogens with one attached hydrogen (secondary N) is 1. The Bertz CT molecular complexity index is 821. The Balaban J connectivity index is 1.62. The monoisotopic (exact) mass is 343 g/mol. The van der Waals surface area contributed by atoms with E-state index in [-0.39, 0.29) is 11.9 Å². The molecule has 1 aliphatic rings. The fraction of sp³-hybridized carbons (Fsp3) is 0.294. The van der Waals surface area contributed by atoms with E-state index in [0.717, 1.165) is 39.9 Å². The minimum absolute atomic E-state index is 0.136. The number of hydrogen-bond acceptors (Lipinski definition) is 5. The molecule has 1 unspecified atom stereocenters. The van der Waals surface area contributed by atoms with Gasteiger partial charge in [-0.2, -0.15) is 0 Å². The number of nitrogens with zero attached hydrogens (tertiary/aromatic N) is 2. The maximum atomic E-state index is 12.7. The van der Waals surface area contributed by atoms with Crippen molar-refractivity contribution in [3.63, 3.8) is 0 Å². The van der Waals surface area contributed by atoms with Gasteiger partial charge in [-0.05, 0) is 31.2 Å². The normalized spacial score (nSPS) is 18.5. The van der Waals surface area contributed by atoms with Gasteiger partial charge in [0, 0.05) is 25.7 Å². The first-order valence-electron chi connectivity index (χ1n) is 7.70. The Hall–Kier alpha value is -1.76. The summed E-state index contributed by atoms with van der Waals surface area (Å²) in [6.07, 6.45) is 0. The third kappa shape index (κ3) is 2.78. The molecule has 6 heteroatoms. The summed E-state index contributed by atoms with van der Waals surface area (Å²) in [5.74, 6) is 0.136. The van der Waals surface area contributed by atoms with Crippen LogP contribution in [0.4, 0.5) is 0 Å². The van der Waals surface area contributed by atoms with Crippen molar-refractivity contribution in [3.8, 4) is 9.88 Å². The molecule has 3 heterocycles. The van der Waals surface area contributed by atoms with Gasteiger partial charge < -0.3 is 10.2 Å². The molecule has 4 rings (SSSR count). The topological polar surface area (TPSA) is 45.2 Å². The summed E-state index contributed by atoms with van der Waals surface area (Å²) < 4.78 is 1.18. The van der Waals surface area contributed by atoms with Gasteiger partial charge in [-0.1, -0.05) is 12.1 Å². The van der Waals surface area contributed by atoms with Crippen molar-refractivity contribution < 1.29 is 4.79 Å². The Labute approximate surface area is 142 Å². The summed E-state index contributed by atoms with van der Waals surface area (Å²) in [4.78, 5) is 21.2. The SMILES string of the molecule is CC1CNCCN1C(=O)c1ccc(-c2nc3ccccc3s2)s1. The van der Waals surface area contributed by atoms with Gasteiger partial charge in [-0.3, -0.25) is 4.79 Å². The molecule has 1 saturated heterocycles. The average molecular weight is 343 g/mol. The number of aromatic nitrogens is 1. The molecule has 1 amide bonds. The maximum Gasteiger partial charge on any atom is 0.264 e. The number of benzene rings is 1. The highest BCUT2D eigenvalue weighted by Gasteiger charge is 2.25. The van der Waals surface area contributed by atoms with Crippen molar-refractivity contribution in [2.75, 3.05) is 19.6 Å². The number of thiophene rings is 1. The van der Waals surface area contributed by atoms with Gasteiger partial charge in [0.15, 0.2) is 0 Å². The van der Waals surface area contributed by atoms with Crippen molar-refractivity contribution in [1.82, 2.24) is 15.2 Å². The fourth-order valence-corrected chi connectivity index (χ4v) is 4.81. The molecule has 3 aromatic rings. The van der Waals surface area contributed by atoms with E-state index in [2.05, 4.69) is 23.3 Å². The van der Waals surface area contributed by atoms with E-state index in [0.29, 0.717) is 0 Å². The third-order valence-corrected chi connectivity index (χ3v) is 6.36. The zero-order chi connectivity index (χ0) is 15.8. The van der Waals surface area contributed by atoms with Gasteiger partial charge in [-0.25, -0.2) is 4.98 Å². The molecule has 2 aromatic heterocycles. The van der Waals surface area contributed by atoms with E-state index in [4.69, 9.17) is 0 Å². The highest BCUT2D eigenvalue weighted by molar-refractivity contribution is 7.26. The molecule has 118 valence electrons. The number of rotatable bonds is 2. The number of hydrogen-bond donors (Lipinski definition) is 1. The molecule has 0 saturated carbocycles. The summed E-state index contributed by atoms with van der Waals surface area (Å²) in [6, 6.07) is 12.3. The van der Waals surface area contributed by atoms with Crippen LogP contribution in [0.2, 0.25) is 0 Å². The van der Waals surface area contributed by atoms with Crippen LogP contribution in [0.5, 0.6) is 0 Å². The first-order valence-corrected chi connectivity index (χ1v) is 9.33. The molecule has 1 fully saturated rings. The number of piperazine rings is 1. The molecule has 0 bridgehead atoms. The van der Waals surface area contributed by atoms with E-state index >= 15 is 0 Å². The van der Waals surface area contributed by atoms with E-state index < -0.39 is 0 Å². The van der Waals surface area contributed by atoms with Crippen molar-refractivity contribution >= 4 is 38.8 Å². The predicted octanol–water partition coefficient (Wildman–Crippen LogP) is 3.46. The van der Waals surface area contributed by atoms with Gasteiger partial charge in [-0.15, -0.1) is 22.7 Å². The molecular weight excluding hydrogens is 326 g/mol. The van der Waals surface area contributed by atoms with Crippen LogP contribution in [0, 0.1) is 0 Å². The number of thiazole rings is 1. The largest absolute Gasteiger partial charge is 0.333 e. The lowest BCUT2D eigenvalue weighted by molar-refractivity contribution is 0.0661. The van der Waals surface area contributed by atoms with E-state index in [9.17, 15) is 4.79 Å². The van der Waals surface area contributed by atoms with E-state index in [1.54, 1.807) is 22.7 Å². The summed E-state index contributed by atoms with van der Waals surface area (Å²) in [5, 5.41) is 4.31. The molecule has 0 aliphatic carbocycles. The van der Waals surface area contributed by atoms with E-state index in [1.807, 2.05) is 35.2 Å². The Morgan fingerprint density at radius 3 is 2.96 bits per heavy atom. The molecule has 23 heavy (non-hydrogen) atoms. The lowest BCUT2D eigenvalue weighted by Gasteiger charge is -2.33. The highest BCUT2D eigenvalue weighted by atomic mass is 32.1. The summed E-state index contributed by atoms with van der Waals surface area (Å²) in [7, 11) is 0. The number of carbonyl (C=O) groups is 1. The number of carbonyl (C=O) groups excluding carboxylic acids is 1. The molecule has 0 spiro atoms. The maximum absolute atomic E-state index is 12.7. The molecular formula is C17H17N3OS2. The highest BCUT2D eigenvalue weighted by Crippen LogP contribution is 2.34. The second kappa shape index (κ2) is 6.03. The van der Waals surface area contributed by atoms with Crippen LogP contribution in [0.3, 0.4) is 0 Å². The number of amides is 1. The Morgan fingerprint density at radius 1 is 1.26 bits per heavy atom. The van der Waals surface area contributed by atoms with Crippen LogP contribution in [0.1, 0.15) is 16.6 Å². The van der Waals surface area contributed by atoms with Crippen LogP contribution in [0.15, 0.2) is 36.4 Å². The third-order valence-electron chi connectivity index (χ3n) is 4.08. The zero-order valence-electron chi connectivity index (χ0n) is 12.8. The minimum Gasteiger partial charge on any atom is -0.333 e. The van der Waals surface area contributed by atoms with Gasteiger partial charge in [0.05, 0.1) is 20.0 Å². The average Bonchev–Trinajstić information content (AvgIpc) is 3.21. The Morgan fingerprint density at radius 2 is 2.13 bits per heavy atom. The summed E-state index contributed by atoms with van der Waals surface area (Å²) >= 11 is 3.22. The van der Waals surface area contributed by atoms with Crippen LogP contribution < -0.4 is 5.32 Å². The molecule has 1 aromatic carbocycles. The molecule has 1 N–H and O–H groups in total. The van der Waals surface area contributed by atoms with Gasteiger partial charge >= 0.3 is 0 Å². The quantitative estimate of drug-likeness (QED) is 0.775. The smallest absolute Gasteiger partial charge is 0.264 e. The standard InChI is InChI=1S/C17H17N3OS2/c1-11-10-18-8-9-20(11)17(21)15-7-6-14(22-15)16-19-12-4-2-3-5-13(12)23-16/h2-7,11,18H,8-10H2,1H3. The second-order valence-corrected chi connectivity index (χ2v) is 7.82. The molecule has 0 radical (unpaired) electrons. The predicted molar refractivity (Wildman–Crippen MR) is 96.3 cm³/mol. The van der Waals surface area contributed by atoms with Crippen LogP contribution in [0.25, 0.3) is 20.1 Å². The van der Waals surface area contributed by atoms with Gasteiger partial charge in [0.1, 0.15) is 5.01 Å². The zero-order valence-corrected chi connectivity index (χ0v) is 14.4. The number of para-hydroxylation sites is 1. The molecule has 1 atom stereocenters. The van der Waals surface area contributed by atoms with Gasteiger partial charge in [0.2, 0.25) is 0 Å². The molecule has 1 aliphatic heterocycles. The first-order chi connectivity index (χ1) is 11.2. The lowest BCUT2D eigenvalue weighted by atomic mass is 10.2. The minimum atomic E-state index is 0.136. The van der Waals surface area contributed by atoms with Crippen molar-refractivity contribution in [2.45, 2.75) is 13.0 Å². The number of fused-ring (bicyclic) bond motifs is 1. The van der Waals surface area contributed by atoms with Crippen molar-refractivity contribution in [3.05, 3.63) is 41.3 Å². The molecule has 4 nitrogen and oxygen atoms in total. The van der Waals surface area contributed by atoms with E-state index in [1.165, 1.54) is 4.70 Å². The lowest BCUT2D eigenvalue weighted by Crippen LogP contribution is -2.52. The van der Waals surface area contributed by atoms with Crippen LogP contribution >= 0.6 is 22.7 Å². The summed E-state index contributed by atoms with van der Waals surface area (Å²) in [5.41, 5.74) is 1.02. The van der Waals surface area contributed by atoms with Crippen molar-refractivity contribution in [2.24, 2.45) is 0 Å². The summed E-state index contributed by atoms with van der Waals surface area (Å²) in [6.45, 7) is 4.59. The van der Waals surface area contributed by atoms with Gasteiger partial charge in [0.25, 0.3) is 5.91 Å². The first kappa shape index (κ1) is 14.8. The van der Waals surface area contributed by atoms with Crippen molar-refractivity contribution in [1.29, 1.82) is 0 Å².